The van der Waals surface area contributed by atoms with Gasteiger partial charge in [-0.25, -0.2) is 9.78 Å². The van der Waals surface area contributed by atoms with E-state index in [-0.39, 0.29) is 12.3 Å². The number of imidazole rings is 1. The molecule has 6 heteroatoms. The van der Waals surface area contributed by atoms with Crippen LogP contribution >= 0.6 is 0 Å². The van der Waals surface area contributed by atoms with Crippen LogP contribution in [0.2, 0.25) is 0 Å². The van der Waals surface area contributed by atoms with Crippen molar-refractivity contribution in [2.75, 3.05) is 13.7 Å². The highest BCUT2D eigenvalue weighted by Crippen LogP contribution is 2.13. The van der Waals surface area contributed by atoms with Crippen LogP contribution in [0.5, 0.6) is 5.75 Å². The Hall–Kier alpha value is -2.34. The smallest absolute Gasteiger partial charge is 0.358 e. The van der Waals surface area contributed by atoms with E-state index in [9.17, 15) is 4.79 Å². The average molecular weight is 275 g/mol. The van der Waals surface area contributed by atoms with Gasteiger partial charge in [0.1, 0.15) is 12.4 Å². The third-order valence-electron chi connectivity index (χ3n) is 2.73. The third-order valence-corrected chi connectivity index (χ3v) is 2.73. The molecule has 1 heterocycles. The van der Waals surface area contributed by atoms with Gasteiger partial charge < -0.3 is 19.8 Å². The molecule has 0 aliphatic carbocycles. The monoisotopic (exact) mass is 275 g/mol. The van der Waals surface area contributed by atoms with Crippen LogP contribution in [-0.4, -0.2) is 29.2 Å². The van der Waals surface area contributed by atoms with Crippen molar-refractivity contribution in [2.24, 2.45) is 5.73 Å². The van der Waals surface area contributed by atoms with Gasteiger partial charge in [0.15, 0.2) is 5.69 Å². The van der Waals surface area contributed by atoms with E-state index >= 15 is 0 Å². The highest BCUT2D eigenvalue weighted by Gasteiger charge is 2.11. The van der Waals surface area contributed by atoms with Gasteiger partial charge in [0.05, 0.1) is 13.4 Å². The van der Waals surface area contributed by atoms with Crippen molar-refractivity contribution in [3.05, 3.63) is 48.0 Å². The maximum absolute atomic E-state index is 11.8. The summed E-state index contributed by atoms with van der Waals surface area (Å²) in [6.07, 6.45) is 3.19. The largest absolute Gasteiger partial charge is 0.497 e. The standard InChI is InChI=1S/C14H17N3O3/c1-19-12-4-2-3-11(7-12)9-20-14(18)13-8-17(6-5-15)10-16-13/h2-4,7-8,10H,5-6,9,15H2,1H3. The molecule has 1 aromatic carbocycles. The number of rotatable bonds is 6. The summed E-state index contributed by atoms with van der Waals surface area (Å²) < 4.78 is 12.1. The topological polar surface area (TPSA) is 79.4 Å². The summed E-state index contributed by atoms with van der Waals surface area (Å²) in [5.74, 6) is 0.273. The lowest BCUT2D eigenvalue weighted by atomic mass is 10.2. The Bertz CT molecular complexity index is 581. The fourth-order valence-corrected chi connectivity index (χ4v) is 1.72. The summed E-state index contributed by atoms with van der Waals surface area (Å²) in [5, 5.41) is 0. The second kappa shape index (κ2) is 6.72. The van der Waals surface area contributed by atoms with Gasteiger partial charge >= 0.3 is 5.97 Å². The summed E-state index contributed by atoms with van der Waals surface area (Å²) in [6.45, 7) is 1.30. The molecular weight excluding hydrogens is 258 g/mol. The van der Waals surface area contributed by atoms with Gasteiger partial charge in [-0.1, -0.05) is 12.1 Å². The fraction of sp³-hybridized carbons (Fsp3) is 0.286. The Kier molecular flexibility index (Phi) is 4.73. The molecule has 6 nitrogen and oxygen atoms in total. The van der Waals surface area contributed by atoms with Crippen molar-refractivity contribution in [1.82, 2.24) is 9.55 Å². The molecule has 0 spiro atoms. The Morgan fingerprint density at radius 2 is 2.30 bits per heavy atom. The predicted molar refractivity (Wildman–Crippen MR) is 73.4 cm³/mol. The number of methoxy groups -OCH3 is 1. The maximum Gasteiger partial charge on any atom is 0.358 e. The Balaban J connectivity index is 1.93. The first-order chi connectivity index (χ1) is 9.72. The molecule has 0 fully saturated rings. The summed E-state index contributed by atoms with van der Waals surface area (Å²) in [5.41, 5.74) is 6.57. The Labute approximate surface area is 117 Å². The van der Waals surface area contributed by atoms with Crippen LogP contribution in [0.25, 0.3) is 0 Å². The van der Waals surface area contributed by atoms with Crippen LogP contribution < -0.4 is 10.5 Å². The van der Waals surface area contributed by atoms with E-state index in [1.165, 1.54) is 0 Å². The summed E-state index contributed by atoms with van der Waals surface area (Å²) >= 11 is 0. The zero-order valence-corrected chi connectivity index (χ0v) is 11.3. The predicted octanol–water partition coefficient (Wildman–Crippen LogP) is 1.21. The van der Waals surface area contributed by atoms with Crippen LogP contribution in [0.15, 0.2) is 36.8 Å². The van der Waals surface area contributed by atoms with Gasteiger partial charge in [0.2, 0.25) is 0 Å². The van der Waals surface area contributed by atoms with E-state index in [4.69, 9.17) is 15.2 Å². The van der Waals surface area contributed by atoms with E-state index in [1.54, 1.807) is 24.2 Å². The lowest BCUT2D eigenvalue weighted by molar-refractivity contribution is 0.0466. The van der Waals surface area contributed by atoms with Crippen LogP contribution in [0.4, 0.5) is 0 Å². The molecule has 0 saturated carbocycles. The molecule has 0 radical (unpaired) electrons. The molecule has 2 rings (SSSR count). The van der Waals surface area contributed by atoms with Crippen molar-refractivity contribution < 1.29 is 14.3 Å². The molecular formula is C14H17N3O3. The fourth-order valence-electron chi connectivity index (χ4n) is 1.72. The number of hydrogen-bond donors (Lipinski definition) is 1. The van der Waals surface area contributed by atoms with Crippen molar-refractivity contribution in [2.45, 2.75) is 13.2 Å². The summed E-state index contributed by atoms with van der Waals surface area (Å²) in [4.78, 5) is 15.8. The third kappa shape index (κ3) is 3.58. The quantitative estimate of drug-likeness (QED) is 0.801. The SMILES string of the molecule is COc1cccc(COC(=O)c2cn(CCN)cn2)c1. The molecule has 0 unspecified atom stereocenters. The minimum atomic E-state index is -0.455. The van der Waals surface area contributed by atoms with Gasteiger partial charge in [0.25, 0.3) is 0 Å². The van der Waals surface area contributed by atoms with E-state index in [2.05, 4.69) is 4.98 Å². The molecule has 106 valence electrons. The number of hydrogen-bond acceptors (Lipinski definition) is 5. The molecule has 0 saturated heterocycles. The van der Waals surface area contributed by atoms with E-state index < -0.39 is 5.97 Å². The van der Waals surface area contributed by atoms with Crippen molar-refractivity contribution >= 4 is 5.97 Å². The number of aromatic nitrogens is 2. The minimum Gasteiger partial charge on any atom is -0.497 e. The number of nitrogens with two attached hydrogens (primary N) is 1. The lowest BCUT2D eigenvalue weighted by Gasteiger charge is -2.05. The van der Waals surface area contributed by atoms with Crippen molar-refractivity contribution in [1.29, 1.82) is 0 Å². The number of carbonyl (C=O) groups excluding carboxylic acids is 1. The first-order valence-electron chi connectivity index (χ1n) is 6.25. The van der Waals surface area contributed by atoms with Gasteiger partial charge in [-0.15, -0.1) is 0 Å². The molecule has 0 bridgehead atoms. The second-order valence-electron chi connectivity index (χ2n) is 4.21. The second-order valence-corrected chi connectivity index (χ2v) is 4.21. The molecule has 0 amide bonds. The highest BCUT2D eigenvalue weighted by molar-refractivity contribution is 5.86. The van der Waals surface area contributed by atoms with E-state index in [0.717, 1.165) is 11.3 Å². The van der Waals surface area contributed by atoms with Crippen LogP contribution in [0, 0.1) is 0 Å². The minimum absolute atomic E-state index is 0.180. The Morgan fingerprint density at radius 1 is 1.45 bits per heavy atom. The van der Waals surface area contributed by atoms with Gasteiger partial charge in [-0.05, 0) is 17.7 Å². The Morgan fingerprint density at radius 3 is 3.05 bits per heavy atom. The molecule has 20 heavy (non-hydrogen) atoms. The number of ether oxygens (including phenoxy) is 2. The summed E-state index contributed by atoms with van der Waals surface area (Å²) in [7, 11) is 1.59. The first-order valence-corrected chi connectivity index (χ1v) is 6.25. The number of nitrogens with zero attached hydrogens (tertiary/aromatic N) is 2. The van der Waals surface area contributed by atoms with Crippen molar-refractivity contribution in [3.63, 3.8) is 0 Å². The highest BCUT2D eigenvalue weighted by atomic mass is 16.5. The van der Waals surface area contributed by atoms with Crippen LogP contribution in [0.1, 0.15) is 16.1 Å². The molecule has 2 aromatic rings. The van der Waals surface area contributed by atoms with Crippen molar-refractivity contribution in [3.8, 4) is 5.75 Å². The van der Waals surface area contributed by atoms with E-state index in [1.807, 2.05) is 24.3 Å². The molecule has 0 atom stereocenters. The molecule has 0 aliphatic heterocycles. The molecule has 2 N–H and O–H groups in total. The normalized spacial score (nSPS) is 10.3. The van der Waals surface area contributed by atoms with E-state index in [0.29, 0.717) is 13.1 Å². The molecule has 1 aromatic heterocycles. The number of carbonyl (C=O) groups is 1. The van der Waals surface area contributed by atoms with Crippen LogP contribution in [0.3, 0.4) is 0 Å². The van der Waals surface area contributed by atoms with Crippen LogP contribution in [-0.2, 0) is 17.9 Å². The zero-order valence-electron chi connectivity index (χ0n) is 11.3. The van der Waals surface area contributed by atoms with Gasteiger partial charge in [-0.2, -0.15) is 0 Å². The first kappa shape index (κ1) is 14.1. The zero-order chi connectivity index (χ0) is 14.4. The summed E-state index contributed by atoms with van der Waals surface area (Å²) in [6, 6.07) is 7.36. The van der Waals surface area contributed by atoms with Gasteiger partial charge in [-0.3, -0.25) is 0 Å². The number of esters is 1. The van der Waals surface area contributed by atoms with Gasteiger partial charge in [0, 0.05) is 19.3 Å². The maximum atomic E-state index is 11.8. The molecule has 0 aliphatic rings. The lowest BCUT2D eigenvalue weighted by Crippen LogP contribution is -2.08. The number of benzene rings is 1. The average Bonchev–Trinajstić information content (AvgIpc) is 2.94.